The van der Waals surface area contributed by atoms with Crippen LogP contribution in [0.4, 0.5) is 0 Å². The SMILES string of the molecule is O=CCOCCOCCNC(=O)COCCOCCNC(=O)COCCOCCNC(=O)COCCOCCNC(=O)C1C[C@@H](C(=O)O)NC(=O)CCCCCCCCCCCCCCCCCCC1=O. The molecule has 0 spiro atoms. The van der Waals surface area contributed by atoms with Crippen molar-refractivity contribution in [2.45, 2.75) is 128 Å². The van der Waals surface area contributed by atoms with E-state index in [1.54, 1.807) is 0 Å². The number of amides is 5. The van der Waals surface area contributed by atoms with Gasteiger partial charge in [0.15, 0.2) is 0 Å². The van der Waals surface area contributed by atoms with Gasteiger partial charge in [0.2, 0.25) is 29.5 Å². The Morgan fingerprint density at radius 1 is 0.465 bits per heavy atom. The van der Waals surface area contributed by atoms with E-state index < -0.39 is 29.7 Å². The summed E-state index contributed by atoms with van der Waals surface area (Å²) in [7, 11) is 0. The predicted molar refractivity (Wildman–Crippen MR) is 260 cm³/mol. The summed E-state index contributed by atoms with van der Waals surface area (Å²) in [5, 5.41) is 23.1. The van der Waals surface area contributed by atoms with Crippen molar-refractivity contribution in [1.82, 2.24) is 26.6 Å². The van der Waals surface area contributed by atoms with E-state index in [0.29, 0.717) is 45.5 Å². The lowest BCUT2D eigenvalue weighted by Gasteiger charge is -2.21. The molecule has 0 aromatic heterocycles. The Labute approximate surface area is 420 Å². The highest BCUT2D eigenvalue weighted by Crippen LogP contribution is 2.18. The first-order valence-electron chi connectivity index (χ1n) is 25.8. The Morgan fingerprint density at radius 3 is 1.18 bits per heavy atom. The molecule has 6 N–H and O–H groups in total. The smallest absolute Gasteiger partial charge is 0.326 e. The van der Waals surface area contributed by atoms with Gasteiger partial charge in [-0.2, -0.15) is 0 Å². The number of hydrogen-bond acceptors (Lipinski definition) is 16. The van der Waals surface area contributed by atoms with E-state index in [9.17, 15) is 43.5 Å². The maximum atomic E-state index is 13.4. The van der Waals surface area contributed by atoms with Crippen LogP contribution >= 0.6 is 0 Å². The zero-order chi connectivity index (χ0) is 51.7. The highest BCUT2D eigenvalue weighted by atomic mass is 16.5. The first kappa shape index (κ1) is 64.9. The van der Waals surface area contributed by atoms with Crippen molar-refractivity contribution in [2.24, 2.45) is 5.92 Å². The summed E-state index contributed by atoms with van der Waals surface area (Å²) >= 11 is 0. The lowest BCUT2D eigenvalue weighted by molar-refractivity contribution is -0.143. The zero-order valence-electron chi connectivity index (χ0n) is 42.3. The molecule has 0 aromatic carbocycles. The van der Waals surface area contributed by atoms with Gasteiger partial charge < -0.3 is 74.4 Å². The van der Waals surface area contributed by atoms with E-state index in [4.69, 9.17) is 37.9 Å². The molecule has 1 unspecified atom stereocenters. The number of nitrogens with one attached hydrogen (secondary N) is 5. The molecule has 22 nitrogen and oxygen atoms in total. The first-order chi connectivity index (χ1) is 34.6. The second kappa shape index (κ2) is 48.1. The highest BCUT2D eigenvalue weighted by Gasteiger charge is 2.33. The molecule has 22 heteroatoms. The lowest BCUT2D eigenvalue weighted by atomic mass is 9.91. The summed E-state index contributed by atoms with van der Waals surface area (Å²) in [6.45, 7) is 2.97. The molecule has 1 saturated heterocycles. The second-order valence-corrected chi connectivity index (χ2v) is 17.1. The van der Waals surface area contributed by atoms with Crippen LogP contribution in [0.5, 0.6) is 0 Å². The van der Waals surface area contributed by atoms with E-state index >= 15 is 0 Å². The number of ketones is 1. The lowest BCUT2D eigenvalue weighted by Crippen LogP contribution is -2.46. The van der Waals surface area contributed by atoms with Crippen molar-refractivity contribution >= 4 is 47.6 Å². The summed E-state index contributed by atoms with van der Waals surface area (Å²) in [4.78, 5) is 97.4. The molecule has 0 aliphatic carbocycles. The maximum Gasteiger partial charge on any atom is 0.326 e. The standard InChI is InChI=1S/C49H87N5O17/c55-23-28-68-30-29-64-24-19-50-45(58)38-69-34-31-65-25-20-51-46(59)39-70-35-32-66-26-21-52-47(60)40-71-36-33-67-27-22-53-48(61)41-37-42(49(62)63)54-44(57)18-16-14-12-10-8-6-4-2-1-3-5-7-9-11-13-15-17-43(41)56/h23,41-42H,1-22,24-40H2,(H,50,58)(H,51,59)(H,52,60)(H,53,61)(H,54,57)(H,62,63)/t41?,42-/m0/s1. The van der Waals surface area contributed by atoms with Crippen molar-refractivity contribution in [3.63, 3.8) is 0 Å². The molecule has 1 fully saturated rings. The van der Waals surface area contributed by atoms with Gasteiger partial charge in [0, 0.05) is 39.0 Å². The molecular formula is C49H87N5O17. The fourth-order valence-electron chi connectivity index (χ4n) is 7.16. The number of ether oxygens (including phenoxy) is 8. The molecule has 71 heavy (non-hydrogen) atoms. The van der Waals surface area contributed by atoms with Gasteiger partial charge in [0.1, 0.15) is 44.5 Å². The summed E-state index contributed by atoms with van der Waals surface area (Å²) in [6.07, 6.45) is 17.8. The normalized spacial score (nSPS) is 17.5. The van der Waals surface area contributed by atoms with Crippen LogP contribution in [0.25, 0.3) is 0 Å². The van der Waals surface area contributed by atoms with Crippen LogP contribution in [0.2, 0.25) is 0 Å². The summed E-state index contributed by atoms with van der Waals surface area (Å²) in [5.41, 5.74) is 0. The average Bonchev–Trinajstić information content (AvgIpc) is 3.35. The molecule has 410 valence electrons. The Bertz CT molecular complexity index is 1430. The van der Waals surface area contributed by atoms with Gasteiger partial charge in [-0.1, -0.05) is 89.9 Å². The third-order valence-electron chi connectivity index (χ3n) is 11.0. The van der Waals surface area contributed by atoms with Crippen LogP contribution in [-0.4, -0.2) is 191 Å². The number of Topliss-reactive ketones (excluding diaryl/α,β-unsaturated/α-hetero) is 1. The first-order valence-corrected chi connectivity index (χ1v) is 25.8. The van der Waals surface area contributed by atoms with Gasteiger partial charge in [0.25, 0.3) is 0 Å². The van der Waals surface area contributed by atoms with Gasteiger partial charge >= 0.3 is 5.97 Å². The highest BCUT2D eigenvalue weighted by molar-refractivity contribution is 6.02. The quantitative estimate of drug-likeness (QED) is 0.0305. The van der Waals surface area contributed by atoms with Gasteiger partial charge in [-0.15, -0.1) is 0 Å². The molecule has 1 aliphatic heterocycles. The minimum Gasteiger partial charge on any atom is -0.480 e. The molecule has 1 aliphatic rings. The third kappa shape index (κ3) is 42.1. The summed E-state index contributed by atoms with van der Waals surface area (Å²) in [5.74, 6) is -4.86. The van der Waals surface area contributed by atoms with Crippen molar-refractivity contribution < 1.29 is 81.4 Å². The third-order valence-corrected chi connectivity index (χ3v) is 11.0. The van der Waals surface area contributed by atoms with Crippen LogP contribution in [0.3, 0.4) is 0 Å². The Morgan fingerprint density at radius 2 is 0.803 bits per heavy atom. The molecule has 1 heterocycles. The van der Waals surface area contributed by atoms with Crippen molar-refractivity contribution in [3.05, 3.63) is 0 Å². The van der Waals surface area contributed by atoms with Crippen LogP contribution in [0.15, 0.2) is 0 Å². The van der Waals surface area contributed by atoms with Gasteiger partial charge in [-0.25, -0.2) is 4.79 Å². The second-order valence-electron chi connectivity index (χ2n) is 17.1. The van der Waals surface area contributed by atoms with Gasteiger partial charge in [-0.3, -0.25) is 28.8 Å². The molecule has 0 bridgehead atoms. The van der Waals surface area contributed by atoms with Crippen LogP contribution in [0, 0.1) is 5.92 Å². The summed E-state index contributed by atoms with van der Waals surface area (Å²) < 4.78 is 42.3. The number of rotatable bonds is 34. The van der Waals surface area contributed by atoms with E-state index in [1.165, 1.54) is 51.4 Å². The zero-order valence-corrected chi connectivity index (χ0v) is 42.3. The van der Waals surface area contributed by atoms with Crippen molar-refractivity contribution in [1.29, 1.82) is 0 Å². The minimum absolute atomic E-state index is 0.0251. The van der Waals surface area contributed by atoms with E-state index in [2.05, 4.69) is 26.6 Å². The van der Waals surface area contributed by atoms with Gasteiger partial charge in [0.05, 0.1) is 85.2 Å². The number of carboxylic acid groups (broad SMARTS) is 1. The van der Waals surface area contributed by atoms with Gasteiger partial charge in [-0.05, 0) is 19.3 Å². The largest absolute Gasteiger partial charge is 0.480 e. The molecular weight excluding hydrogens is 931 g/mol. The van der Waals surface area contributed by atoms with Crippen molar-refractivity contribution in [2.75, 3.05) is 132 Å². The van der Waals surface area contributed by atoms with Crippen LogP contribution in [0.1, 0.15) is 122 Å². The fraction of sp³-hybridized carbons (Fsp3) is 0.837. The number of carbonyl (C=O) groups excluding carboxylic acids is 7. The van der Waals surface area contributed by atoms with Crippen LogP contribution in [-0.2, 0) is 76.3 Å². The average molecular weight is 1020 g/mol. The molecule has 0 saturated carbocycles. The molecule has 0 aromatic rings. The van der Waals surface area contributed by atoms with E-state index in [0.717, 1.165) is 38.5 Å². The van der Waals surface area contributed by atoms with E-state index in [1.807, 2.05) is 0 Å². The molecule has 0 radical (unpaired) electrons. The molecule has 5 amide bonds. The topological polar surface area (TPSA) is 291 Å². The Hall–Kier alpha value is -4.16. The minimum atomic E-state index is -1.38. The summed E-state index contributed by atoms with van der Waals surface area (Å²) in [6, 6.07) is -1.38. The van der Waals surface area contributed by atoms with Crippen molar-refractivity contribution in [3.8, 4) is 0 Å². The predicted octanol–water partition coefficient (Wildman–Crippen LogP) is 1.96. The molecule has 1 rings (SSSR count). The molecule has 2 atom stereocenters. The maximum absolute atomic E-state index is 13.4. The number of hydrogen-bond donors (Lipinski definition) is 6. The fourth-order valence-corrected chi connectivity index (χ4v) is 7.16. The monoisotopic (exact) mass is 1020 g/mol. The number of carbonyl (C=O) groups is 8. The number of carboxylic acids is 1. The Balaban J connectivity index is 2.15. The van der Waals surface area contributed by atoms with Crippen LogP contribution < -0.4 is 26.6 Å². The Kier molecular flexibility index (Phi) is 44.0. The number of aldehydes is 1. The van der Waals surface area contributed by atoms with E-state index in [-0.39, 0.29) is 148 Å². The number of aliphatic carboxylic acids is 1.